The summed E-state index contributed by atoms with van der Waals surface area (Å²) in [6.45, 7) is 4.40. The van der Waals surface area contributed by atoms with E-state index in [0.29, 0.717) is 11.0 Å². The quantitative estimate of drug-likeness (QED) is 0.549. The molecule has 0 saturated carbocycles. The first kappa shape index (κ1) is 19.0. The van der Waals surface area contributed by atoms with E-state index >= 15 is 0 Å². The van der Waals surface area contributed by atoms with Gasteiger partial charge in [-0.2, -0.15) is 0 Å². The third-order valence-corrected chi connectivity index (χ3v) is 4.68. The second-order valence-corrected chi connectivity index (χ2v) is 7.57. The number of amides is 1. The van der Waals surface area contributed by atoms with E-state index in [-0.39, 0.29) is 11.7 Å². The molecule has 0 aliphatic rings. The van der Waals surface area contributed by atoms with E-state index < -0.39 is 0 Å². The number of carbonyl (C=O) groups is 1. The summed E-state index contributed by atoms with van der Waals surface area (Å²) in [5.41, 5.74) is 3.94. The zero-order valence-electron chi connectivity index (χ0n) is 15.3. The highest BCUT2D eigenvalue weighted by Crippen LogP contribution is 2.25. The minimum atomic E-state index is -0.302. The molecule has 0 unspecified atom stereocenters. The van der Waals surface area contributed by atoms with Gasteiger partial charge in [0.15, 0.2) is 5.13 Å². The molecule has 1 aromatic heterocycles. The molecule has 2 aromatic carbocycles. The summed E-state index contributed by atoms with van der Waals surface area (Å²) in [7, 11) is 0. The van der Waals surface area contributed by atoms with E-state index in [0.717, 1.165) is 23.2 Å². The fourth-order valence-electron chi connectivity index (χ4n) is 2.64. The van der Waals surface area contributed by atoms with Crippen LogP contribution in [0, 0.1) is 11.7 Å². The number of rotatable bonds is 6. The Labute approximate surface area is 162 Å². The van der Waals surface area contributed by atoms with Crippen LogP contribution in [0.5, 0.6) is 0 Å². The number of aromatic nitrogens is 1. The first-order valence-electron chi connectivity index (χ1n) is 8.79. The molecule has 0 spiro atoms. The lowest BCUT2D eigenvalue weighted by Gasteiger charge is -2.05. The summed E-state index contributed by atoms with van der Waals surface area (Å²) in [4.78, 5) is 16.5. The molecule has 0 radical (unpaired) electrons. The molecule has 1 heterocycles. The molecule has 0 bridgehead atoms. The molecule has 0 saturated heterocycles. The molecule has 0 atom stereocenters. The van der Waals surface area contributed by atoms with Crippen LogP contribution >= 0.6 is 11.3 Å². The van der Waals surface area contributed by atoms with Gasteiger partial charge < -0.3 is 0 Å². The Morgan fingerprint density at radius 1 is 1.15 bits per heavy atom. The molecule has 138 valence electrons. The second kappa shape index (κ2) is 8.73. The molecular weight excluding hydrogens is 359 g/mol. The number of nitrogens with one attached hydrogen (secondary N) is 1. The lowest BCUT2D eigenvalue weighted by molar-refractivity contribution is -0.111. The molecule has 3 rings (SSSR count). The molecule has 1 amide bonds. The van der Waals surface area contributed by atoms with Crippen LogP contribution in [0.2, 0.25) is 0 Å². The largest absolute Gasteiger partial charge is 0.298 e. The highest BCUT2D eigenvalue weighted by molar-refractivity contribution is 7.14. The second-order valence-electron chi connectivity index (χ2n) is 6.71. The van der Waals surface area contributed by atoms with Crippen LogP contribution in [0.1, 0.15) is 25.0 Å². The number of hydrogen-bond acceptors (Lipinski definition) is 3. The van der Waals surface area contributed by atoms with E-state index in [1.165, 1.54) is 35.1 Å². The van der Waals surface area contributed by atoms with Gasteiger partial charge in [0.2, 0.25) is 5.91 Å². The maximum absolute atomic E-state index is 12.9. The van der Waals surface area contributed by atoms with Crippen molar-refractivity contribution < 1.29 is 9.18 Å². The Bertz CT molecular complexity index is 928. The van der Waals surface area contributed by atoms with Crippen molar-refractivity contribution in [1.29, 1.82) is 0 Å². The van der Waals surface area contributed by atoms with Crippen molar-refractivity contribution in [3.63, 3.8) is 0 Å². The van der Waals surface area contributed by atoms with Crippen molar-refractivity contribution in [2.24, 2.45) is 5.92 Å². The van der Waals surface area contributed by atoms with Crippen LogP contribution in [0.15, 0.2) is 60.0 Å². The van der Waals surface area contributed by atoms with Gasteiger partial charge in [0.05, 0.1) is 5.69 Å². The minimum absolute atomic E-state index is 0.271. The van der Waals surface area contributed by atoms with Gasteiger partial charge in [-0.05, 0) is 41.7 Å². The summed E-state index contributed by atoms with van der Waals surface area (Å²) in [5.74, 6) is 0.0524. The van der Waals surface area contributed by atoms with Crippen LogP contribution in [-0.4, -0.2) is 10.9 Å². The van der Waals surface area contributed by atoms with Gasteiger partial charge in [-0.15, -0.1) is 11.3 Å². The minimum Gasteiger partial charge on any atom is -0.298 e. The number of halogens is 1. The number of carbonyl (C=O) groups excluding carboxylic acids is 1. The van der Waals surface area contributed by atoms with Crippen molar-refractivity contribution in [2.75, 3.05) is 5.32 Å². The van der Waals surface area contributed by atoms with E-state index in [9.17, 15) is 9.18 Å². The number of hydrogen-bond donors (Lipinski definition) is 1. The van der Waals surface area contributed by atoms with Crippen LogP contribution in [0.4, 0.5) is 9.52 Å². The number of benzene rings is 2. The predicted molar refractivity (Wildman–Crippen MR) is 110 cm³/mol. The molecular formula is C22H21FN2OS. The summed E-state index contributed by atoms with van der Waals surface area (Å²) in [5, 5.41) is 5.23. The van der Waals surface area contributed by atoms with Gasteiger partial charge in [0.25, 0.3) is 0 Å². The predicted octanol–water partition coefficient (Wildman–Crippen LogP) is 5.80. The summed E-state index contributed by atoms with van der Waals surface area (Å²) in [6, 6.07) is 14.3. The Morgan fingerprint density at radius 3 is 2.52 bits per heavy atom. The average molecular weight is 380 g/mol. The van der Waals surface area contributed by atoms with Gasteiger partial charge in [-0.3, -0.25) is 10.1 Å². The number of anilines is 1. The van der Waals surface area contributed by atoms with Crippen LogP contribution in [0.25, 0.3) is 17.3 Å². The Kier molecular flexibility index (Phi) is 6.14. The van der Waals surface area contributed by atoms with Crippen molar-refractivity contribution in [3.05, 3.63) is 76.9 Å². The van der Waals surface area contributed by atoms with E-state index in [1.807, 2.05) is 5.38 Å². The fourth-order valence-corrected chi connectivity index (χ4v) is 3.36. The summed E-state index contributed by atoms with van der Waals surface area (Å²) in [6.07, 6.45) is 4.10. The van der Waals surface area contributed by atoms with Crippen molar-refractivity contribution >= 4 is 28.5 Å². The maximum Gasteiger partial charge on any atom is 0.250 e. The van der Waals surface area contributed by atoms with Gasteiger partial charge in [0.1, 0.15) is 5.82 Å². The molecule has 3 nitrogen and oxygen atoms in total. The smallest absolute Gasteiger partial charge is 0.250 e. The molecule has 0 aliphatic carbocycles. The van der Waals surface area contributed by atoms with Crippen molar-refractivity contribution in [3.8, 4) is 11.3 Å². The summed E-state index contributed by atoms with van der Waals surface area (Å²) < 4.78 is 12.9. The van der Waals surface area contributed by atoms with E-state index in [4.69, 9.17) is 0 Å². The van der Waals surface area contributed by atoms with E-state index in [2.05, 4.69) is 48.4 Å². The number of nitrogens with zero attached hydrogens (tertiary/aromatic N) is 1. The standard InChI is InChI=1S/C22H21FN2OS/c1-15(2)13-17-3-8-18(9-4-17)20-14-27-22(24-20)25-21(26)12-7-16-5-10-19(23)11-6-16/h3-12,14-15H,13H2,1-2H3,(H,24,25,26). The SMILES string of the molecule is CC(C)Cc1ccc(-c2csc(NC(=O)C=Cc3ccc(F)cc3)n2)cc1. The monoisotopic (exact) mass is 380 g/mol. The Morgan fingerprint density at radius 2 is 1.85 bits per heavy atom. The van der Waals surface area contributed by atoms with Gasteiger partial charge in [-0.25, -0.2) is 9.37 Å². The normalized spacial score (nSPS) is 11.3. The van der Waals surface area contributed by atoms with Gasteiger partial charge in [-0.1, -0.05) is 50.2 Å². The van der Waals surface area contributed by atoms with Crippen LogP contribution in [0.3, 0.4) is 0 Å². The Hall–Kier alpha value is -2.79. The molecule has 1 N–H and O–H groups in total. The zero-order valence-corrected chi connectivity index (χ0v) is 16.1. The highest BCUT2D eigenvalue weighted by atomic mass is 32.1. The molecule has 27 heavy (non-hydrogen) atoms. The van der Waals surface area contributed by atoms with E-state index in [1.54, 1.807) is 18.2 Å². The van der Waals surface area contributed by atoms with Crippen LogP contribution in [-0.2, 0) is 11.2 Å². The molecule has 0 aliphatic heterocycles. The Balaban J connectivity index is 1.61. The van der Waals surface area contributed by atoms with Crippen molar-refractivity contribution in [1.82, 2.24) is 4.98 Å². The van der Waals surface area contributed by atoms with Crippen molar-refractivity contribution in [2.45, 2.75) is 20.3 Å². The van der Waals surface area contributed by atoms with Gasteiger partial charge >= 0.3 is 0 Å². The molecule has 5 heteroatoms. The van der Waals surface area contributed by atoms with Gasteiger partial charge in [0, 0.05) is 17.0 Å². The average Bonchev–Trinajstić information content (AvgIpc) is 3.10. The fraction of sp³-hybridized carbons (Fsp3) is 0.182. The van der Waals surface area contributed by atoms with Crippen LogP contribution < -0.4 is 5.32 Å². The maximum atomic E-state index is 12.9. The third kappa shape index (κ3) is 5.59. The number of thiazole rings is 1. The molecule has 3 aromatic rings. The lowest BCUT2D eigenvalue weighted by atomic mass is 10.0. The lowest BCUT2D eigenvalue weighted by Crippen LogP contribution is -2.07. The molecule has 0 fully saturated rings. The first-order chi connectivity index (χ1) is 13.0. The zero-order chi connectivity index (χ0) is 19.2. The highest BCUT2D eigenvalue weighted by Gasteiger charge is 2.07. The topological polar surface area (TPSA) is 42.0 Å². The summed E-state index contributed by atoms with van der Waals surface area (Å²) >= 11 is 1.38. The third-order valence-electron chi connectivity index (χ3n) is 3.93. The first-order valence-corrected chi connectivity index (χ1v) is 9.67.